The second-order valence-electron chi connectivity index (χ2n) is 11.2. The van der Waals surface area contributed by atoms with Crippen molar-refractivity contribution in [3.63, 3.8) is 0 Å². The number of hydrogen-bond donors (Lipinski definition) is 1. The van der Waals surface area contributed by atoms with E-state index in [-0.39, 0.29) is 68.7 Å². The van der Waals surface area contributed by atoms with Gasteiger partial charge in [-0.1, -0.05) is 51.6 Å². The van der Waals surface area contributed by atoms with Crippen LogP contribution in [0.2, 0.25) is 0 Å². The molecule has 2 fully saturated rings. The van der Waals surface area contributed by atoms with Crippen molar-refractivity contribution in [2.24, 2.45) is 0 Å². The summed E-state index contributed by atoms with van der Waals surface area (Å²) in [5, 5.41) is 3.37. The van der Waals surface area contributed by atoms with Crippen LogP contribution in [0.5, 0.6) is 0 Å². The molecular formula is C29H37F2N5O3. The Morgan fingerprint density at radius 2 is 1.82 bits per heavy atom. The first-order chi connectivity index (χ1) is 18.0. The first kappa shape index (κ1) is 28.8. The third-order valence-electron chi connectivity index (χ3n) is 7.83. The van der Waals surface area contributed by atoms with Crippen LogP contribution in [0, 0.1) is 0 Å². The minimum atomic E-state index is -3.31. The zero-order valence-corrected chi connectivity index (χ0v) is 21.9. The molecule has 39 heavy (non-hydrogen) atoms. The maximum Gasteiger partial charge on any atom is 0.314 e. The number of halogens is 2. The van der Waals surface area contributed by atoms with E-state index in [2.05, 4.69) is 10.3 Å². The van der Waals surface area contributed by atoms with E-state index in [4.69, 9.17) is 0 Å². The number of nitrogens with one attached hydrogen (secondary N) is 1. The number of piperazine rings is 1. The maximum absolute atomic E-state index is 15.4. The summed E-state index contributed by atoms with van der Waals surface area (Å²) in [7, 11) is 0. The summed E-state index contributed by atoms with van der Waals surface area (Å²) < 4.78 is 30.7. The zero-order chi connectivity index (χ0) is 27.2. The molecule has 1 aromatic heterocycles. The molecule has 0 spiro atoms. The molecule has 0 radical (unpaired) electrons. The number of benzene rings is 1. The van der Waals surface area contributed by atoms with Gasteiger partial charge in [0.15, 0.2) is 0 Å². The van der Waals surface area contributed by atoms with E-state index in [0.717, 1.165) is 5.56 Å². The third-order valence-corrected chi connectivity index (χ3v) is 7.83. The fraction of sp³-hybridized carbons (Fsp3) is 0.517. The van der Waals surface area contributed by atoms with Crippen molar-refractivity contribution in [1.82, 2.24) is 20.1 Å². The van der Waals surface area contributed by atoms with Gasteiger partial charge in [-0.3, -0.25) is 29.2 Å². The van der Waals surface area contributed by atoms with Crippen molar-refractivity contribution in [3.05, 3.63) is 59.4 Å². The lowest BCUT2D eigenvalue weighted by atomic mass is 9.88. The van der Waals surface area contributed by atoms with Crippen LogP contribution < -0.4 is 10.2 Å². The number of carbonyl (C=O) groups excluding carboxylic acids is 3. The molecule has 3 aliphatic heterocycles. The molecule has 5 rings (SSSR count). The molecule has 210 valence electrons. The van der Waals surface area contributed by atoms with Crippen LogP contribution in [-0.4, -0.2) is 77.3 Å². The van der Waals surface area contributed by atoms with Crippen LogP contribution >= 0.6 is 0 Å². The Hall–Kier alpha value is -3.24. The van der Waals surface area contributed by atoms with E-state index < -0.39 is 17.0 Å². The van der Waals surface area contributed by atoms with E-state index in [1.165, 1.54) is 29.3 Å². The average Bonchev–Trinajstić information content (AvgIpc) is 3.35. The van der Waals surface area contributed by atoms with Gasteiger partial charge in [-0.2, -0.15) is 8.78 Å². The number of hydrogen-bond acceptors (Lipinski definition) is 6. The molecular weight excluding hydrogens is 504 g/mol. The molecule has 1 aromatic carbocycles. The summed E-state index contributed by atoms with van der Waals surface area (Å²) in [4.78, 5) is 47.1. The van der Waals surface area contributed by atoms with E-state index >= 15 is 8.78 Å². The van der Waals surface area contributed by atoms with Gasteiger partial charge in [-0.25, -0.2) is 0 Å². The van der Waals surface area contributed by atoms with Gasteiger partial charge < -0.3 is 10.2 Å². The Morgan fingerprint density at radius 3 is 2.49 bits per heavy atom. The van der Waals surface area contributed by atoms with E-state index in [0.29, 0.717) is 25.3 Å². The Bertz CT molecular complexity index is 1240. The standard InChI is InChI=1S/C28H33F2N5O3.CH4/c1-18-14-33(20(12-31-18)15-34-24(36)9-10-25(34)37)16-26(38)35-17-27(2,3)21-13-32-23(11-22(21)35)28(29,30)19-7-5-4-6-8-19;/h4-8,11,13,18,20,31H,9-10,12,14-17H2,1-3H3;1H4/t18-,20-;/m1./s1. The topological polar surface area (TPSA) is 85.9 Å². The quantitative estimate of drug-likeness (QED) is 0.565. The highest BCUT2D eigenvalue weighted by Crippen LogP contribution is 2.43. The molecule has 10 heteroatoms. The Kier molecular flexibility index (Phi) is 7.91. The first-order valence-electron chi connectivity index (χ1n) is 13.0. The fourth-order valence-electron chi connectivity index (χ4n) is 5.65. The van der Waals surface area contributed by atoms with Crippen molar-refractivity contribution < 1.29 is 23.2 Å². The summed E-state index contributed by atoms with van der Waals surface area (Å²) in [5.74, 6) is -3.90. The van der Waals surface area contributed by atoms with Gasteiger partial charge in [0.25, 0.3) is 0 Å². The number of amides is 3. The molecule has 2 aromatic rings. The lowest BCUT2D eigenvalue weighted by molar-refractivity contribution is -0.139. The van der Waals surface area contributed by atoms with Gasteiger partial charge in [0.2, 0.25) is 17.7 Å². The summed E-state index contributed by atoms with van der Waals surface area (Å²) in [5.41, 5.74) is 0.175. The Labute approximate surface area is 228 Å². The largest absolute Gasteiger partial charge is 0.314 e. The fourth-order valence-corrected chi connectivity index (χ4v) is 5.65. The molecule has 0 aliphatic carbocycles. The number of carbonyl (C=O) groups is 3. The van der Waals surface area contributed by atoms with Gasteiger partial charge in [0.05, 0.1) is 12.2 Å². The SMILES string of the molecule is C.C[C@@H]1CN(CC(=O)N2CC(C)(C)c3cnc(C(F)(F)c4ccccc4)cc32)[C@@H](CN2C(=O)CCC2=O)CN1. The number of alkyl halides is 2. The lowest BCUT2D eigenvalue weighted by Crippen LogP contribution is -2.61. The number of nitrogens with zero attached hydrogens (tertiary/aromatic N) is 4. The highest BCUT2D eigenvalue weighted by molar-refractivity contribution is 6.02. The second-order valence-corrected chi connectivity index (χ2v) is 11.2. The summed E-state index contributed by atoms with van der Waals surface area (Å²) in [6.45, 7) is 7.66. The molecule has 1 N–H and O–H groups in total. The molecule has 0 saturated carbocycles. The second kappa shape index (κ2) is 10.7. The van der Waals surface area contributed by atoms with Crippen molar-refractivity contribution >= 4 is 23.4 Å². The maximum atomic E-state index is 15.4. The molecule has 2 saturated heterocycles. The number of pyridine rings is 1. The van der Waals surface area contributed by atoms with Crippen LogP contribution in [0.3, 0.4) is 0 Å². The molecule has 8 nitrogen and oxygen atoms in total. The highest BCUT2D eigenvalue weighted by atomic mass is 19.3. The van der Waals surface area contributed by atoms with E-state index in [1.807, 2.05) is 25.7 Å². The van der Waals surface area contributed by atoms with Crippen LogP contribution in [0.15, 0.2) is 42.6 Å². The van der Waals surface area contributed by atoms with Crippen molar-refractivity contribution in [3.8, 4) is 0 Å². The van der Waals surface area contributed by atoms with Gasteiger partial charge in [-0.15, -0.1) is 0 Å². The summed E-state index contributed by atoms with van der Waals surface area (Å²) in [6, 6.07) is 8.77. The highest BCUT2D eigenvalue weighted by Gasteiger charge is 2.43. The Morgan fingerprint density at radius 1 is 1.15 bits per heavy atom. The molecule has 0 unspecified atom stereocenters. The Balaban J connectivity index is 0.00000353. The van der Waals surface area contributed by atoms with E-state index in [1.54, 1.807) is 23.1 Å². The summed E-state index contributed by atoms with van der Waals surface area (Å²) >= 11 is 0. The van der Waals surface area contributed by atoms with Gasteiger partial charge >= 0.3 is 5.92 Å². The van der Waals surface area contributed by atoms with Crippen LogP contribution in [0.1, 0.15) is 57.9 Å². The number of imide groups is 1. The smallest absolute Gasteiger partial charge is 0.311 e. The summed E-state index contributed by atoms with van der Waals surface area (Å²) in [6.07, 6.45) is 1.91. The van der Waals surface area contributed by atoms with Crippen molar-refractivity contribution in [2.75, 3.05) is 37.6 Å². The number of aromatic nitrogens is 1. The zero-order valence-electron chi connectivity index (χ0n) is 21.9. The minimum Gasteiger partial charge on any atom is -0.311 e. The van der Waals surface area contributed by atoms with Crippen LogP contribution in [-0.2, 0) is 25.7 Å². The van der Waals surface area contributed by atoms with Crippen molar-refractivity contribution in [2.45, 2.75) is 64.5 Å². The van der Waals surface area contributed by atoms with Gasteiger partial charge in [0.1, 0.15) is 5.69 Å². The normalized spacial score (nSPS) is 23.1. The number of likely N-dealkylation sites (tertiary alicyclic amines) is 1. The number of fused-ring (bicyclic) bond motifs is 1. The van der Waals surface area contributed by atoms with Crippen LogP contribution in [0.25, 0.3) is 0 Å². The predicted molar refractivity (Wildman–Crippen MR) is 145 cm³/mol. The minimum absolute atomic E-state index is 0. The number of anilines is 1. The monoisotopic (exact) mass is 541 g/mol. The molecule has 3 aliphatic rings. The van der Waals surface area contributed by atoms with E-state index in [9.17, 15) is 14.4 Å². The van der Waals surface area contributed by atoms with Gasteiger partial charge in [-0.05, 0) is 13.0 Å². The molecule has 0 bridgehead atoms. The molecule has 4 heterocycles. The number of rotatable bonds is 6. The molecule has 3 amide bonds. The first-order valence-corrected chi connectivity index (χ1v) is 13.0. The van der Waals surface area contributed by atoms with Crippen molar-refractivity contribution in [1.29, 1.82) is 0 Å². The van der Waals surface area contributed by atoms with Crippen LogP contribution in [0.4, 0.5) is 14.5 Å². The lowest BCUT2D eigenvalue weighted by Gasteiger charge is -2.40. The third kappa shape index (κ3) is 5.45. The average molecular weight is 542 g/mol. The predicted octanol–water partition coefficient (Wildman–Crippen LogP) is 3.29. The molecule has 2 atom stereocenters. The van der Waals surface area contributed by atoms with Gasteiger partial charge in [0, 0.05) is 73.8 Å².